The Morgan fingerprint density at radius 3 is 2.04 bits per heavy atom. The zero-order valence-corrected chi connectivity index (χ0v) is 16.8. The Hall–Kier alpha value is -3.12. The highest BCUT2D eigenvalue weighted by Gasteiger charge is 2.21. The number of carbonyl (C=O) groups excluding carboxylic acids is 1. The van der Waals surface area contributed by atoms with Gasteiger partial charge in [0.05, 0.1) is 17.6 Å². The van der Waals surface area contributed by atoms with E-state index in [0.717, 1.165) is 22.9 Å². The smallest absolute Gasteiger partial charge is 0.255 e. The highest BCUT2D eigenvalue weighted by atomic mass is 32.2. The molecule has 0 unspecified atom stereocenters. The van der Waals surface area contributed by atoms with Gasteiger partial charge in [0.2, 0.25) is 10.0 Å². The summed E-state index contributed by atoms with van der Waals surface area (Å²) in [7, 11) is -2.01. The van der Waals surface area contributed by atoms with Crippen LogP contribution in [0.2, 0.25) is 0 Å². The first-order valence-electron chi connectivity index (χ1n) is 8.78. The lowest BCUT2D eigenvalue weighted by molar-refractivity contribution is 0.102. The molecule has 1 N–H and O–H groups in total. The maximum atomic E-state index is 12.7. The maximum absolute atomic E-state index is 12.7. The van der Waals surface area contributed by atoms with Gasteiger partial charge in [-0.25, -0.2) is 8.42 Å². The second-order valence-corrected chi connectivity index (χ2v) is 8.62. The predicted octanol–water partition coefficient (Wildman–Crippen LogP) is 4.31. The first kappa shape index (κ1) is 19.6. The van der Waals surface area contributed by atoms with Crippen LogP contribution in [0.15, 0.2) is 72.8 Å². The summed E-state index contributed by atoms with van der Waals surface area (Å²) in [5, 5.41) is 2.89. The number of hydrogen-bond acceptors (Lipinski definition) is 3. The van der Waals surface area contributed by atoms with Crippen molar-refractivity contribution in [3.63, 3.8) is 0 Å². The van der Waals surface area contributed by atoms with Gasteiger partial charge in [-0.1, -0.05) is 48.5 Å². The monoisotopic (exact) mass is 394 g/mol. The molecule has 0 radical (unpaired) electrons. The third-order valence-electron chi connectivity index (χ3n) is 4.50. The average molecular weight is 394 g/mol. The zero-order valence-electron chi connectivity index (χ0n) is 16.0. The Kier molecular flexibility index (Phi) is 5.51. The van der Waals surface area contributed by atoms with Crippen molar-refractivity contribution in [3.05, 3.63) is 83.9 Å². The fourth-order valence-corrected chi connectivity index (χ4v) is 3.61. The summed E-state index contributed by atoms with van der Waals surface area (Å²) in [5.74, 6) is -0.298. The molecule has 0 saturated heterocycles. The van der Waals surface area contributed by atoms with E-state index in [-0.39, 0.29) is 5.91 Å². The van der Waals surface area contributed by atoms with Gasteiger partial charge in [-0.15, -0.1) is 0 Å². The molecular weight excluding hydrogens is 372 g/mol. The Morgan fingerprint density at radius 1 is 0.893 bits per heavy atom. The Balaban J connectivity index is 2.13. The Labute approximate surface area is 165 Å². The SMILES string of the molecule is Cc1cc(-c2ccccc2)cc(NC(=O)c2ccccc2)c1N(C)S(C)(=O)=O. The van der Waals surface area contributed by atoms with Gasteiger partial charge in [0.25, 0.3) is 5.91 Å². The Morgan fingerprint density at radius 2 is 1.46 bits per heavy atom. The lowest BCUT2D eigenvalue weighted by Crippen LogP contribution is -2.27. The van der Waals surface area contributed by atoms with E-state index >= 15 is 0 Å². The molecule has 0 fully saturated rings. The molecule has 0 saturated carbocycles. The summed E-state index contributed by atoms with van der Waals surface area (Å²) in [5.41, 5.74) is 4.02. The minimum absolute atomic E-state index is 0.298. The van der Waals surface area contributed by atoms with Crippen LogP contribution in [0.25, 0.3) is 11.1 Å². The second-order valence-electron chi connectivity index (χ2n) is 6.61. The number of aryl methyl sites for hydroxylation is 1. The maximum Gasteiger partial charge on any atom is 0.255 e. The van der Waals surface area contributed by atoms with Crippen LogP contribution in [-0.4, -0.2) is 27.6 Å². The van der Waals surface area contributed by atoms with Crippen molar-refractivity contribution in [2.75, 3.05) is 22.9 Å². The molecule has 3 aromatic rings. The molecule has 0 aliphatic heterocycles. The van der Waals surface area contributed by atoms with Crippen LogP contribution in [0, 0.1) is 6.92 Å². The van der Waals surface area contributed by atoms with Crippen LogP contribution < -0.4 is 9.62 Å². The Bertz CT molecular complexity index is 1100. The molecular formula is C22H22N2O3S. The van der Waals surface area contributed by atoms with Gasteiger partial charge in [-0.2, -0.15) is 0 Å². The number of carbonyl (C=O) groups is 1. The van der Waals surface area contributed by atoms with Crippen molar-refractivity contribution in [1.29, 1.82) is 0 Å². The third kappa shape index (κ3) is 4.23. The van der Waals surface area contributed by atoms with Crippen LogP contribution in [0.3, 0.4) is 0 Å². The lowest BCUT2D eigenvalue weighted by Gasteiger charge is -2.24. The van der Waals surface area contributed by atoms with Crippen LogP contribution in [0.5, 0.6) is 0 Å². The van der Waals surface area contributed by atoms with Gasteiger partial charge in [0.15, 0.2) is 0 Å². The van der Waals surface area contributed by atoms with E-state index in [1.807, 2.05) is 49.4 Å². The minimum atomic E-state index is -3.50. The highest BCUT2D eigenvalue weighted by Crippen LogP contribution is 2.36. The van der Waals surface area contributed by atoms with E-state index < -0.39 is 10.0 Å². The molecule has 0 bridgehead atoms. The van der Waals surface area contributed by atoms with E-state index in [2.05, 4.69) is 5.32 Å². The summed E-state index contributed by atoms with van der Waals surface area (Å²) in [4.78, 5) is 12.7. The summed E-state index contributed by atoms with van der Waals surface area (Å²) in [6.45, 7) is 1.83. The van der Waals surface area contributed by atoms with Gasteiger partial charge >= 0.3 is 0 Å². The molecule has 0 spiro atoms. The van der Waals surface area contributed by atoms with E-state index in [4.69, 9.17) is 0 Å². The minimum Gasteiger partial charge on any atom is -0.320 e. The number of anilines is 2. The van der Waals surface area contributed by atoms with Gasteiger partial charge in [0, 0.05) is 12.6 Å². The molecule has 0 atom stereocenters. The number of nitrogens with one attached hydrogen (secondary N) is 1. The van der Waals surface area contributed by atoms with Crippen molar-refractivity contribution in [2.45, 2.75) is 6.92 Å². The number of benzene rings is 3. The fourth-order valence-electron chi connectivity index (χ4n) is 3.04. The van der Waals surface area contributed by atoms with Crippen molar-refractivity contribution < 1.29 is 13.2 Å². The van der Waals surface area contributed by atoms with Crippen LogP contribution >= 0.6 is 0 Å². The normalized spacial score (nSPS) is 11.1. The van der Waals surface area contributed by atoms with Crippen LogP contribution in [0.1, 0.15) is 15.9 Å². The van der Waals surface area contributed by atoms with Gasteiger partial charge in [-0.05, 0) is 47.9 Å². The number of nitrogens with zero attached hydrogens (tertiary/aromatic N) is 1. The summed E-state index contributed by atoms with van der Waals surface area (Å²) in [6.07, 6.45) is 1.14. The number of hydrogen-bond donors (Lipinski definition) is 1. The molecule has 144 valence electrons. The lowest BCUT2D eigenvalue weighted by atomic mass is 10.0. The van der Waals surface area contributed by atoms with Crippen molar-refractivity contribution >= 4 is 27.3 Å². The summed E-state index contributed by atoms with van der Waals surface area (Å²) in [6, 6.07) is 22.3. The average Bonchev–Trinajstić information content (AvgIpc) is 2.68. The molecule has 1 amide bonds. The molecule has 3 rings (SSSR count). The molecule has 0 aromatic heterocycles. The zero-order chi connectivity index (χ0) is 20.3. The first-order chi connectivity index (χ1) is 13.3. The number of sulfonamides is 1. The molecule has 0 aliphatic carbocycles. The molecule has 3 aromatic carbocycles. The predicted molar refractivity (Wildman–Crippen MR) is 114 cm³/mol. The number of amides is 1. The van der Waals surface area contributed by atoms with Gasteiger partial charge < -0.3 is 5.32 Å². The van der Waals surface area contributed by atoms with Crippen molar-refractivity contribution in [3.8, 4) is 11.1 Å². The van der Waals surface area contributed by atoms with E-state index in [9.17, 15) is 13.2 Å². The first-order valence-corrected chi connectivity index (χ1v) is 10.6. The second kappa shape index (κ2) is 7.86. The molecule has 28 heavy (non-hydrogen) atoms. The van der Waals surface area contributed by atoms with Crippen LogP contribution in [0.4, 0.5) is 11.4 Å². The fraction of sp³-hybridized carbons (Fsp3) is 0.136. The molecule has 6 heteroatoms. The van der Waals surface area contributed by atoms with E-state index in [1.54, 1.807) is 30.3 Å². The quantitative estimate of drug-likeness (QED) is 0.701. The molecule has 0 aliphatic rings. The van der Waals surface area contributed by atoms with Gasteiger partial charge in [0.1, 0.15) is 0 Å². The molecule has 0 heterocycles. The van der Waals surface area contributed by atoms with E-state index in [0.29, 0.717) is 16.9 Å². The standard InChI is InChI=1S/C22H22N2O3S/c1-16-14-19(17-10-6-4-7-11-17)15-20(21(16)24(2)28(3,26)27)23-22(25)18-12-8-5-9-13-18/h4-15H,1-3H3,(H,23,25). The van der Waals surface area contributed by atoms with E-state index in [1.165, 1.54) is 11.4 Å². The summed E-state index contributed by atoms with van der Waals surface area (Å²) >= 11 is 0. The highest BCUT2D eigenvalue weighted by molar-refractivity contribution is 7.92. The van der Waals surface area contributed by atoms with Crippen molar-refractivity contribution in [2.24, 2.45) is 0 Å². The topological polar surface area (TPSA) is 66.5 Å². The van der Waals surface area contributed by atoms with Gasteiger partial charge in [-0.3, -0.25) is 9.10 Å². The third-order valence-corrected chi connectivity index (χ3v) is 5.68. The van der Waals surface area contributed by atoms with Crippen molar-refractivity contribution in [1.82, 2.24) is 0 Å². The molecule has 5 nitrogen and oxygen atoms in total. The summed E-state index contributed by atoms with van der Waals surface area (Å²) < 4.78 is 25.5. The largest absolute Gasteiger partial charge is 0.320 e. The van der Waals surface area contributed by atoms with Crippen LogP contribution in [-0.2, 0) is 10.0 Å². The number of rotatable bonds is 5.